The van der Waals surface area contributed by atoms with Crippen molar-refractivity contribution in [2.75, 3.05) is 26.0 Å². The Morgan fingerprint density at radius 1 is 1.22 bits per heavy atom. The van der Waals surface area contributed by atoms with Crippen LogP contribution in [0.4, 0.5) is 6.01 Å². The van der Waals surface area contributed by atoms with Gasteiger partial charge in [0.1, 0.15) is 0 Å². The fourth-order valence-corrected chi connectivity index (χ4v) is 1.80. The molecule has 0 bridgehead atoms. The van der Waals surface area contributed by atoms with Gasteiger partial charge in [-0.3, -0.25) is 0 Å². The van der Waals surface area contributed by atoms with Gasteiger partial charge in [-0.15, -0.1) is 5.10 Å². The fraction of sp³-hybridized carbons (Fsp3) is 0.846. The minimum absolute atomic E-state index is 0.105. The molecule has 0 unspecified atom stereocenters. The number of nitrogens with zero attached hydrogens (tertiary/aromatic N) is 3. The average molecular weight is 254 g/mol. The van der Waals surface area contributed by atoms with Crippen LogP contribution in [0.15, 0.2) is 4.42 Å². The lowest BCUT2D eigenvalue weighted by atomic mass is 9.97. The Balaban J connectivity index is 2.61. The Bertz CT molecular complexity index is 357. The van der Waals surface area contributed by atoms with Crippen molar-refractivity contribution < 1.29 is 4.42 Å². The van der Waals surface area contributed by atoms with Crippen molar-refractivity contribution in [3.8, 4) is 0 Å². The van der Waals surface area contributed by atoms with Gasteiger partial charge in [0.25, 0.3) is 0 Å². The molecule has 0 radical (unpaired) electrons. The fourth-order valence-electron chi connectivity index (χ4n) is 1.80. The number of hydrogen-bond donors (Lipinski definition) is 1. The first kappa shape index (κ1) is 15.0. The third kappa shape index (κ3) is 3.98. The normalized spacial score (nSPS) is 14.3. The van der Waals surface area contributed by atoms with Gasteiger partial charge in [-0.1, -0.05) is 39.7 Å². The van der Waals surface area contributed by atoms with Crippen molar-refractivity contribution in [3.05, 3.63) is 5.89 Å². The first-order chi connectivity index (χ1) is 8.21. The molecule has 0 spiro atoms. The molecule has 0 saturated heterocycles. The van der Waals surface area contributed by atoms with Gasteiger partial charge in [0.15, 0.2) is 0 Å². The van der Waals surface area contributed by atoms with Gasteiger partial charge in [-0.25, -0.2) is 0 Å². The van der Waals surface area contributed by atoms with Crippen LogP contribution in [0.25, 0.3) is 0 Å². The lowest BCUT2D eigenvalue weighted by Crippen LogP contribution is -2.38. The Hall–Kier alpha value is -1.10. The molecule has 1 aromatic heterocycles. The molecular formula is C13H26N4O. The van der Waals surface area contributed by atoms with Crippen molar-refractivity contribution in [1.82, 2.24) is 15.1 Å². The van der Waals surface area contributed by atoms with Crippen LogP contribution in [0.2, 0.25) is 0 Å². The van der Waals surface area contributed by atoms with Crippen molar-refractivity contribution in [2.45, 2.75) is 46.1 Å². The number of rotatable bonds is 5. The van der Waals surface area contributed by atoms with Crippen molar-refractivity contribution >= 4 is 6.01 Å². The van der Waals surface area contributed by atoms with Crippen LogP contribution in [-0.2, 0) is 5.41 Å². The number of aromatic nitrogens is 2. The second-order valence-corrected chi connectivity index (χ2v) is 6.32. The molecule has 5 nitrogen and oxygen atoms in total. The molecular weight excluding hydrogens is 228 g/mol. The van der Waals surface area contributed by atoms with E-state index < -0.39 is 0 Å². The summed E-state index contributed by atoms with van der Waals surface area (Å²) in [5, 5.41) is 11.3. The van der Waals surface area contributed by atoms with E-state index in [1.165, 1.54) is 0 Å². The molecule has 0 fully saturated rings. The zero-order valence-electron chi connectivity index (χ0n) is 12.6. The zero-order chi connectivity index (χ0) is 13.9. The summed E-state index contributed by atoms with van der Waals surface area (Å²) < 4.78 is 5.61. The Morgan fingerprint density at radius 2 is 1.83 bits per heavy atom. The summed E-state index contributed by atoms with van der Waals surface area (Å²) in [6, 6.07) is 0.947. The van der Waals surface area contributed by atoms with E-state index in [0.717, 1.165) is 6.54 Å². The van der Waals surface area contributed by atoms with E-state index in [9.17, 15) is 0 Å². The number of hydrogen-bond acceptors (Lipinski definition) is 5. The minimum atomic E-state index is -0.105. The SMILES string of the molecule is CC(C)[C@H](CNc1nnc(C(C)(C)C)o1)N(C)C. The van der Waals surface area contributed by atoms with Crippen LogP contribution in [-0.4, -0.2) is 41.8 Å². The first-order valence-corrected chi connectivity index (χ1v) is 6.46. The summed E-state index contributed by atoms with van der Waals surface area (Å²) in [6.45, 7) is 11.4. The molecule has 1 N–H and O–H groups in total. The lowest BCUT2D eigenvalue weighted by molar-refractivity contribution is 0.242. The smallest absolute Gasteiger partial charge is 0.315 e. The van der Waals surface area contributed by atoms with Gasteiger partial charge in [-0.05, 0) is 20.0 Å². The minimum Gasteiger partial charge on any atom is -0.408 e. The van der Waals surface area contributed by atoms with Crippen molar-refractivity contribution in [1.29, 1.82) is 0 Å². The topological polar surface area (TPSA) is 54.2 Å². The maximum Gasteiger partial charge on any atom is 0.315 e. The molecule has 0 amide bonds. The standard InChI is InChI=1S/C13H26N4O/c1-9(2)10(17(6)7)8-14-12-16-15-11(18-12)13(3,4)5/h9-10H,8H2,1-7H3,(H,14,16)/t10-/m0/s1. The maximum absolute atomic E-state index is 5.61. The van der Waals surface area contributed by atoms with E-state index in [1.807, 2.05) is 0 Å². The zero-order valence-corrected chi connectivity index (χ0v) is 12.6. The molecule has 1 rings (SSSR count). The maximum atomic E-state index is 5.61. The third-order valence-corrected chi connectivity index (χ3v) is 2.96. The highest BCUT2D eigenvalue weighted by atomic mass is 16.4. The van der Waals surface area contributed by atoms with Gasteiger partial charge in [0.05, 0.1) is 0 Å². The molecule has 0 aliphatic rings. The lowest BCUT2D eigenvalue weighted by Gasteiger charge is -2.27. The molecule has 5 heteroatoms. The summed E-state index contributed by atoms with van der Waals surface area (Å²) in [7, 11) is 4.17. The first-order valence-electron chi connectivity index (χ1n) is 6.46. The Morgan fingerprint density at radius 3 is 2.22 bits per heavy atom. The average Bonchev–Trinajstić information content (AvgIpc) is 2.64. The van der Waals surface area contributed by atoms with Crippen LogP contribution >= 0.6 is 0 Å². The number of nitrogens with one attached hydrogen (secondary N) is 1. The van der Waals surface area contributed by atoms with Gasteiger partial charge in [-0.2, -0.15) is 0 Å². The summed E-state index contributed by atoms with van der Waals surface area (Å²) in [6.07, 6.45) is 0. The predicted octanol–water partition coefficient (Wildman–Crippen LogP) is 2.37. The summed E-state index contributed by atoms with van der Waals surface area (Å²) >= 11 is 0. The highest BCUT2D eigenvalue weighted by molar-refractivity contribution is 5.19. The van der Waals surface area contributed by atoms with E-state index in [0.29, 0.717) is 23.9 Å². The van der Waals surface area contributed by atoms with Crippen LogP contribution in [0, 0.1) is 5.92 Å². The summed E-state index contributed by atoms with van der Waals surface area (Å²) in [5.74, 6) is 1.23. The molecule has 1 aromatic rings. The highest BCUT2D eigenvalue weighted by Gasteiger charge is 2.22. The van der Waals surface area contributed by atoms with Gasteiger partial charge in [0, 0.05) is 18.0 Å². The molecule has 0 aliphatic carbocycles. The van der Waals surface area contributed by atoms with E-state index in [4.69, 9.17) is 4.42 Å². The number of likely N-dealkylation sites (N-methyl/N-ethyl adjacent to an activating group) is 1. The molecule has 1 atom stereocenters. The Kier molecular flexibility index (Phi) is 4.73. The van der Waals surface area contributed by atoms with E-state index >= 15 is 0 Å². The number of anilines is 1. The molecule has 0 saturated carbocycles. The second-order valence-electron chi connectivity index (χ2n) is 6.32. The summed E-state index contributed by atoms with van der Waals surface area (Å²) in [4.78, 5) is 2.21. The van der Waals surface area contributed by atoms with Gasteiger partial charge in [0.2, 0.25) is 5.89 Å². The molecule has 18 heavy (non-hydrogen) atoms. The van der Waals surface area contributed by atoms with E-state index in [-0.39, 0.29) is 5.41 Å². The van der Waals surface area contributed by atoms with E-state index in [2.05, 4.69) is 69.1 Å². The molecule has 0 aliphatic heterocycles. The largest absolute Gasteiger partial charge is 0.408 e. The van der Waals surface area contributed by atoms with Crippen LogP contribution in [0.1, 0.15) is 40.5 Å². The highest BCUT2D eigenvalue weighted by Crippen LogP contribution is 2.22. The summed E-state index contributed by atoms with van der Waals surface area (Å²) in [5.41, 5.74) is -0.105. The van der Waals surface area contributed by atoms with Crippen LogP contribution < -0.4 is 5.32 Å². The second kappa shape index (κ2) is 5.69. The van der Waals surface area contributed by atoms with Crippen LogP contribution in [0.5, 0.6) is 0 Å². The van der Waals surface area contributed by atoms with Crippen molar-refractivity contribution in [2.24, 2.45) is 5.92 Å². The quantitative estimate of drug-likeness (QED) is 0.874. The van der Waals surface area contributed by atoms with Gasteiger partial charge >= 0.3 is 6.01 Å². The van der Waals surface area contributed by atoms with Crippen LogP contribution in [0.3, 0.4) is 0 Å². The molecule has 104 valence electrons. The van der Waals surface area contributed by atoms with Crippen molar-refractivity contribution in [3.63, 3.8) is 0 Å². The third-order valence-electron chi connectivity index (χ3n) is 2.96. The van der Waals surface area contributed by atoms with E-state index in [1.54, 1.807) is 0 Å². The molecule has 1 heterocycles. The predicted molar refractivity (Wildman–Crippen MR) is 73.8 cm³/mol. The molecule has 0 aromatic carbocycles. The monoisotopic (exact) mass is 254 g/mol. The Labute approximate surface area is 110 Å². The van der Waals surface area contributed by atoms with Gasteiger partial charge < -0.3 is 14.6 Å².